The van der Waals surface area contributed by atoms with Crippen LogP contribution in [0.15, 0.2) is 0 Å². The Kier molecular flexibility index (Phi) is 6.62. The maximum absolute atomic E-state index is 12.2. The van der Waals surface area contributed by atoms with E-state index in [1.54, 1.807) is 13.8 Å². The normalized spacial score (nSPS) is 15.7. The summed E-state index contributed by atoms with van der Waals surface area (Å²) in [6, 6.07) is 0. The lowest BCUT2D eigenvalue weighted by Gasteiger charge is -2.26. The minimum absolute atomic E-state index is 0.174. The largest absolute Gasteiger partial charge is 0.480 e. The van der Waals surface area contributed by atoms with Crippen LogP contribution in [0.5, 0.6) is 0 Å². The van der Waals surface area contributed by atoms with Crippen molar-refractivity contribution in [2.45, 2.75) is 44.8 Å². The van der Waals surface area contributed by atoms with Gasteiger partial charge in [-0.05, 0) is 32.4 Å². The lowest BCUT2D eigenvalue weighted by molar-refractivity contribution is -0.147. The maximum atomic E-state index is 12.2. The highest BCUT2D eigenvalue weighted by Crippen LogP contribution is 2.18. The average molecular weight is 270 g/mol. The molecule has 108 valence electrons. The van der Waals surface area contributed by atoms with Crippen molar-refractivity contribution in [3.63, 3.8) is 0 Å². The van der Waals surface area contributed by atoms with Crippen molar-refractivity contribution >= 4 is 5.97 Å². The summed E-state index contributed by atoms with van der Waals surface area (Å²) in [5.41, 5.74) is 4.32. The molecular weight excluding hydrogens is 249 g/mol. The zero-order chi connectivity index (χ0) is 14.4. The Morgan fingerprint density at radius 2 is 1.89 bits per heavy atom. The van der Waals surface area contributed by atoms with E-state index in [9.17, 15) is 18.0 Å². The van der Waals surface area contributed by atoms with Gasteiger partial charge in [0.25, 0.3) is 0 Å². The molecule has 0 aromatic rings. The number of carboxylic acids is 1. The van der Waals surface area contributed by atoms with E-state index in [4.69, 9.17) is 10.8 Å². The number of halogens is 3. The fourth-order valence-electron chi connectivity index (χ4n) is 1.66. The SMILES string of the molecule is CCN(CCCC(N)(CC)C(=O)O)CC(F)(F)F. The molecule has 0 aliphatic rings. The Labute approximate surface area is 105 Å². The van der Waals surface area contributed by atoms with E-state index in [0.29, 0.717) is 6.42 Å². The Bertz CT molecular complexity index is 272. The van der Waals surface area contributed by atoms with Gasteiger partial charge < -0.3 is 10.8 Å². The van der Waals surface area contributed by atoms with Gasteiger partial charge in [-0.15, -0.1) is 0 Å². The summed E-state index contributed by atoms with van der Waals surface area (Å²) in [6.07, 6.45) is -3.46. The molecule has 0 amide bonds. The van der Waals surface area contributed by atoms with Gasteiger partial charge in [-0.3, -0.25) is 9.69 Å². The molecule has 7 heteroatoms. The molecule has 1 atom stereocenters. The molecule has 0 saturated carbocycles. The lowest BCUT2D eigenvalue weighted by Crippen LogP contribution is -2.48. The predicted octanol–water partition coefficient (Wildman–Crippen LogP) is 1.84. The van der Waals surface area contributed by atoms with Gasteiger partial charge in [0, 0.05) is 0 Å². The molecule has 0 aliphatic heterocycles. The van der Waals surface area contributed by atoms with Crippen LogP contribution in [-0.4, -0.2) is 47.3 Å². The minimum Gasteiger partial charge on any atom is -0.480 e. The Balaban J connectivity index is 4.19. The van der Waals surface area contributed by atoms with E-state index < -0.39 is 24.2 Å². The number of hydrogen-bond donors (Lipinski definition) is 2. The lowest BCUT2D eigenvalue weighted by atomic mass is 9.92. The molecule has 0 spiro atoms. The highest BCUT2D eigenvalue weighted by atomic mass is 19.4. The summed E-state index contributed by atoms with van der Waals surface area (Å²) in [6.45, 7) is 2.79. The van der Waals surface area contributed by atoms with Gasteiger partial charge in [0.15, 0.2) is 0 Å². The number of carbonyl (C=O) groups is 1. The zero-order valence-electron chi connectivity index (χ0n) is 10.8. The number of hydrogen-bond acceptors (Lipinski definition) is 3. The van der Waals surface area contributed by atoms with Crippen molar-refractivity contribution < 1.29 is 23.1 Å². The highest BCUT2D eigenvalue weighted by molar-refractivity contribution is 5.78. The van der Waals surface area contributed by atoms with Gasteiger partial charge in [-0.2, -0.15) is 13.2 Å². The first-order chi connectivity index (χ1) is 8.14. The van der Waals surface area contributed by atoms with E-state index in [2.05, 4.69) is 0 Å². The van der Waals surface area contributed by atoms with Crippen LogP contribution in [0, 0.1) is 0 Å². The van der Waals surface area contributed by atoms with Crippen LogP contribution in [-0.2, 0) is 4.79 Å². The van der Waals surface area contributed by atoms with Crippen molar-refractivity contribution in [3.8, 4) is 0 Å². The third-order valence-corrected chi connectivity index (χ3v) is 3.00. The van der Waals surface area contributed by atoms with Crippen molar-refractivity contribution in [1.82, 2.24) is 4.90 Å². The number of aliphatic carboxylic acids is 1. The van der Waals surface area contributed by atoms with Crippen molar-refractivity contribution in [2.75, 3.05) is 19.6 Å². The fraction of sp³-hybridized carbons (Fsp3) is 0.909. The third-order valence-electron chi connectivity index (χ3n) is 3.00. The van der Waals surface area contributed by atoms with Crippen LogP contribution in [0.25, 0.3) is 0 Å². The number of nitrogens with two attached hydrogens (primary N) is 1. The first-order valence-electron chi connectivity index (χ1n) is 5.96. The van der Waals surface area contributed by atoms with Crippen LogP contribution >= 0.6 is 0 Å². The fourth-order valence-corrected chi connectivity index (χ4v) is 1.66. The van der Waals surface area contributed by atoms with Crippen LogP contribution in [0.2, 0.25) is 0 Å². The van der Waals surface area contributed by atoms with Crippen LogP contribution in [0.3, 0.4) is 0 Å². The van der Waals surface area contributed by atoms with E-state index in [0.717, 1.165) is 0 Å². The molecule has 0 rings (SSSR count). The number of carboxylic acid groups (broad SMARTS) is 1. The third kappa shape index (κ3) is 6.20. The molecule has 3 N–H and O–H groups in total. The van der Waals surface area contributed by atoms with E-state index in [1.807, 2.05) is 0 Å². The van der Waals surface area contributed by atoms with E-state index in [1.165, 1.54) is 4.90 Å². The van der Waals surface area contributed by atoms with Gasteiger partial charge in [-0.1, -0.05) is 13.8 Å². The number of alkyl halides is 3. The van der Waals surface area contributed by atoms with Crippen molar-refractivity contribution in [1.29, 1.82) is 0 Å². The predicted molar refractivity (Wildman–Crippen MR) is 62.2 cm³/mol. The molecular formula is C11H21F3N2O2. The van der Waals surface area contributed by atoms with Crippen LogP contribution in [0.4, 0.5) is 13.2 Å². The first kappa shape index (κ1) is 17.2. The van der Waals surface area contributed by atoms with Crippen molar-refractivity contribution in [3.05, 3.63) is 0 Å². The summed E-state index contributed by atoms with van der Waals surface area (Å²) in [7, 11) is 0. The molecule has 18 heavy (non-hydrogen) atoms. The van der Waals surface area contributed by atoms with Gasteiger partial charge in [0.2, 0.25) is 0 Å². The average Bonchev–Trinajstić information content (AvgIpc) is 2.25. The maximum Gasteiger partial charge on any atom is 0.401 e. The monoisotopic (exact) mass is 270 g/mol. The van der Waals surface area contributed by atoms with Gasteiger partial charge >= 0.3 is 12.1 Å². The second-order valence-electron chi connectivity index (χ2n) is 4.40. The molecule has 0 saturated heterocycles. The molecule has 0 bridgehead atoms. The van der Waals surface area contributed by atoms with E-state index >= 15 is 0 Å². The number of nitrogens with zero attached hydrogens (tertiary/aromatic N) is 1. The summed E-state index contributed by atoms with van der Waals surface area (Å²) < 4.78 is 36.6. The molecule has 0 radical (unpaired) electrons. The van der Waals surface area contributed by atoms with Crippen LogP contribution in [0.1, 0.15) is 33.1 Å². The minimum atomic E-state index is -4.23. The Morgan fingerprint density at radius 1 is 1.33 bits per heavy atom. The molecule has 0 aromatic heterocycles. The molecule has 0 fully saturated rings. The summed E-state index contributed by atoms with van der Waals surface area (Å²) in [4.78, 5) is 12.1. The van der Waals surface area contributed by atoms with Gasteiger partial charge in [-0.25, -0.2) is 0 Å². The van der Waals surface area contributed by atoms with E-state index in [-0.39, 0.29) is 25.9 Å². The highest BCUT2D eigenvalue weighted by Gasteiger charge is 2.33. The first-order valence-corrected chi connectivity index (χ1v) is 5.96. The molecule has 4 nitrogen and oxygen atoms in total. The molecule has 0 aliphatic carbocycles. The van der Waals surface area contributed by atoms with Crippen molar-refractivity contribution in [2.24, 2.45) is 5.73 Å². The Hall–Kier alpha value is -0.820. The number of rotatable bonds is 8. The second kappa shape index (κ2) is 6.94. The summed E-state index contributed by atoms with van der Waals surface area (Å²) in [5, 5.41) is 8.92. The molecule has 0 aromatic carbocycles. The zero-order valence-corrected chi connectivity index (χ0v) is 10.8. The molecule has 0 heterocycles. The smallest absolute Gasteiger partial charge is 0.401 e. The topological polar surface area (TPSA) is 66.6 Å². The van der Waals surface area contributed by atoms with Gasteiger partial charge in [0.05, 0.1) is 6.54 Å². The summed E-state index contributed by atoms with van der Waals surface area (Å²) >= 11 is 0. The second-order valence-corrected chi connectivity index (χ2v) is 4.40. The van der Waals surface area contributed by atoms with Gasteiger partial charge in [0.1, 0.15) is 5.54 Å². The standard InChI is InChI=1S/C11H21F3N2O2/c1-3-10(15,9(17)18)6-5-7-16(4-2)8-11(12,13)14/h3-8,15H2,1-2H3,(H,17,18). The summed E-state index contributed by atoms with van der Waals surface area (Å²) in [5.74, 6) is -1.11. The van der Waals surface area contributed by atoms with Crippen LogP contribution < -0.4 is 5.73 Å². The quantitative estimate of drug-likeness (QED) is 0.706. The Morgan fingerprint density at radius 3 is 2.22 bits per heavy atom. The molecule has 1 unspecified atom stereocenters.